The molecular formula is C8H8N2O2. The molecule has 0 fully saturated rings. The molecule has 0 radical (unpaired) electrons. The standard InChI is InChI=1S/C8H8N2O2/c1-7(12-6-11)10-8-4-2-3-5-9-8/h2-6H,1H3. The van der Waals surface area contributed by atoms with Crippen LogP contribution in [0.2, 0.25) is 0 Å². The molecular weight excluding hydrogens is 156 g/mol. The topological polar surface area (TPSA) is 51.6 Å². The smallest absolute Gasteiger partial charge is 0.299 e. The Morgan fingerprint density at radius 2 is 2.50 bits per heavy atom. The van der Waals surface area contributed by atoms with Gasteiger partial charge in [0, 0.05) is 13.1 Å². The predicted molar refractivity (Wildman–Crippen MR) is 44.2 cm³/mol. The van der Waals surface area contributed by atoms with Crippen LogP contribution in [0, 0.1) is 0 Å². The number of carbonyl (C=O) groups is 1. The van der Waals surface area contributed by atoms with E-state index in [1.807, 2.05) is 0 Å². The van der Waals surface area contributed by atoms with Crippen molar-refractivity contribution in [2.45, 2.75) is 6.92 Å². The molecule has 0 unspecified atom stereocenters. The summed E-state index contributed by atoms with van der Waals surface area (Å²) in [6.07, 6.45) is 1.62. The first-order valence-corrected chi connectivity index (χ1v) is 3.39. The molecule has 1 aromatic rings. The van der Waals surface area contributed by atoms with Gasteiger partial charge in [0.15, 0.2) is 11.7 Å². The summed E-state index contributed by atoms with van der Waals surface area (Å²) in [6.45, 7) is 1.92. The van der Waals surface area contributed by atoms with Crippen LogP contribution in [0.3, 0.4) is 0 Å². The first kappa shape index (κ1) is 8.39. The average Bonchev–Trinajstić information content (AvgIpc) is 2.06. The molecule has 0 aliphatic rings. The molecule has 1 aromatic heterocycles. The minimum Gasteiger partial charge on any atom is -0.414 e. The van der Waals surface area contributed by atoms with Gasteiger partial charge in [0.25, 0.3) is 6.47 Å². The van der Waals surface area contributed by atoms with Crippen molar-refractivity contribution in [3.63, 3.8) is 0 Å². The summed E-state index contributed by atoms with van der Waals surface area (Å²) in [4.78, 5) is 17.7. The summed E-state index contributed by atoms with van der Waals surface area (Å²) in [5.74, 6) is 0.806. The van der Waals surface area contributed by atoms with Crippen molar-refractivity contribution in [2.24, 2.45) is 4.99 Å². The average molecular weight is 164 g/mol. The van der Waals surface area contributed by atoms with E-state index in [0.717, 1.165) is 0 Å². The van der Waals surface area contributed by atoms with E-state index in [2.05, 4.69) is 14.7 Å². The van der Waals surface area contributed by atoms with Crippen LogP contribution in [0.5, 0.6) is 0 Å². The fourth-order valence-corrected chi connectivity index (χ4v) is 0.677. The monoisotopic (exact) mass is 164 g/mol. The number of hydrogen-bond acceptors (Lipinski definition) is 4. The van der Waals surface area contributed by atoms with Crippen molar-refractivity contribution in [1.29, 1.82) is 0 Å². The molecule has 1 rings (SSSR count). The normalized spacial score (nSPS) is 10.9. The second kappa shape index (κ2) is 4.23. The molecule has 0 saturated carbocycles. The summed E-state index contributed by atoms with van der Waals surface area (Å²) >= 11 is 0. The molecule has 0 aliphatic heterocycles. The summed E-state index contributed by atoms with van der Waals surface area (Å²) in [5.41, 5.74) is 0. The maximum Gasteiger partial charge on any atom is 0.299 e. The number of aromatic nitrogens is 1. The van der Waals surface area contributed by atoms with E-state index in [9.17, 15) is 4.79 Å². The van der Waals surface area contributed by atoms with Gasteiger partial charge >= 0.3 is 0 Å². The largest absolute Gasteiger partial charge is 0.414 e. The zero-order valence-corrected chi connectivity index (χ0v) is 6.60. The van der Waals surface area contributed by atoms with Crippen molar-refractivity contribution < 1.29 is 9.53 Å². The second-order valence-electron chi connectivity index (χ2n) is 2.03. The third-order valence-electron chi connectivity index (χ3n) is 1.14. The van der Waals surface area contributed by atoms with Gasteiger partial charge in [-0.3, -0.25) is 4.79 Å². The number of nitrogens with zero attached hydrogens (tertiary/aromatic N) is 2. The Balaban J connectivity index is 2.74. The lowest BCUT2D eigenvalue weighted by atomic mass is 10.5. The van der Waals surface area contributed by atoms with Gasteiger partial charge in [-0.15, -0.1) is 0 Å². The zero-order chi connectivity index (χ0) is 8.81. The molecule has 4 heteroatoms. The second-order valence-corrected chi connectivity index (χ2v) is 2.03. The van der Waals surface area contributed by atoms with Crippen LogP contribution in [-0.4, -0.2) is 17.4 Å². The van der Waals surface area contributed by atoms with Crippen LogP contribution in [-0.2, 0) is 9.53 Å². The fourth-order valence-electron chi connectivity index (χ4n) is 0.677. The highest BCUT2D eigenvalue weighted by atomic mass is 16.5. The third kappa shape index (κ3) is 2.49. The molecule has 0 aromatic carbocycles. The van der Waals surface area contributed by atoms with E-state index in [0.29, 0.717) is 12.3 Å². The van der Waals surface area contributed by atoms with E-state index in [1.54, 1.807) is 31.3 Å². The van der Waals surface area contributed by atoms with E-state index in [4.69, 9.17) is 0 Å². The van der Waals surface area contributed by atoms with E-state index < -0.39 is 0 Å². The summed E-state index contributed by atoms with van der Waals surface area (Å²) in [7, 11) is 0. The van der Waals surface area contributed by atoms with Crippen LogP contribution < -0.4 is 0 Å². The quantitative estimate of drug-likeness (QED) is 0.376. The van der Waals surface area contributed by atoms with Gasteiger partial charge in [-0.2, -0.15) is 4.99 Å². The number of ether oxygens (including phenoxy) is 1. The lowest BCUT2D eigenvalue weighted by molar-refractivity contribution is -0.121. The highest BCUT2D eigenvalue weighted by molar-refractivity contribution is 5.81. The van der Waals surface area contributed by atoms with Crippen LogP contribution in [0.15, 0.2) is 29.4 Å². The molecule has 4 nitrogen and oxygen atoms in total. The van der Waals surface area contributed by atoms with Gasteiger partial charge in [-0.1, -0.05) is 6.07 Å². The molecule has 0 amide bonds. The Labute approximate surface area is 69.9 Å². The van der Waals surface area contributed by atoms with Crippen LogP contribution >= 0.6 is 0 Å². The highest BCUT2D eigenvalue weighted by Gasteiger charge is 1.91. The minimum absolute atomic E-state index is 0.281. The lowest BCUT2D eigenvalue weighted by Crippen LogP contribution is -1.95. The third-order valence-corrected chi connectivity index (χ3v) is 1.14. The number of hydrogen-bond donors (Lipinski definition) is 0. The molecule has 1 heterocycles. The van der Waals surface area contributed by atoms with E-state index in [-0.39, 0.29) is 5.90 Å². The van der Waals surface area contributed by atoms with Crippen molar-refractivity contribution in [1.82, 2.24) is 4.98 Å². The van der Waals surface area contributed by atoms with E-state index >= 15 is 0 Å². The summed E-state index contributed by atoms with van der Waals surface area (Å²) < 4.78 is 4.48. The van der Waals surface area contributed by atoms with Gasteiger partial charge in [0.05, 0.1) is 0 Å². The van der Waals surface area contributed by atoms with Crippen LogP contribution in [0.1, 0.15) is 6.92 Å². The molecule has 62 valence electrons. The van der Waals surface area contributed by atoms with Crippen molar-refractivity contribution in [3.8, 4) is 0 Å². The Hall–Kier alpha value is -1.71. The molecule has 0 saturated heterocycles. The maximum atomic E-state index is 9.88. The van der Waals surface area contributed by atoms with Crippen LogP contribution in [0.4, 0.5) is 5.82 Å². The number of rotatable bonds is 2. The van der Waals surface area contributed by atoms with Gasteiger partial charge in [-0.05, 0) is 12.1 Å². The Kier molecular flexibility index (Phi) is 2.95. The van der Waals surface area contributed by atoms with Gasteiger partial charge in [0.2, 0.25) is 0 Å². The Morgan fingerprint density at radius 3 is 3.08 bits per heavy atom. The Bertz CT molecular complexity index is 282. The molecule has 0 bridgehead atoms. The van der Waals surface area contributed by atoms with Gasteiger partial charge in [-0.25, -0.2) is 4.98 Å². The number of carbonyl (C=O) groups excluding carboxylic acids is 1. The maximum absolute atomic E-state index is 9.88. The van der Waals surface area contributed by atoms with Crippen molar-refractivity contribution in [2.75, 3.05) is 0 Å². The van der Waals surface area contributed by atoms with Crippen molar-refractivity contribution in [3.05, 3.63) is 24.4 Å². The SMILES string of the molecule is CC(=Nc1ccccn1)OC=O. The molecule has 0 aliphatic carbocycles. The highest BCUT2D eigenvalue weighted by Crippen LogP contribution is 2.04. The predicted octanol–water partition coefficient (Wildman–Crippen LogP) is 1.30. The first-order valence-electron chi connectivity index (χ1n) is 3.39. The molecule has 12 heavy (non-hydrogen) atoms. The zero-order valence-electron chi connectivity index (χ0n) is 6.60. The number of aliphatic imine (C=N–C) groups is 1. The molecule has 0 N–H and O–H groups in total. The van der Waals surface area contributed by atoms with Gasteiger partial charge in [0.1, 0.15) is 0 Å². The number of pyridine rings is 1. The Morgan fingerprint density at radius 1 is 1.67 bits per heavy atom. The molecule has 0 spiro atoms. The first-order chi connectivity index (χ1) is 5.83. The minimum atomic E-state index is 0.281. The summed E-state index contributed by atoms with van der Waals surface area (Å²) in [6, 6.07) is 5.31. The lowest BCUT2D eigenvalue weighted by Gasteiger charge is -1.94. The van der Waals surface area contributed by atoms with Crippen molar-refractivity contribution >= 4 is 18.2 Å². The fraction of sp³-hybridized carbons (Fsp3) is 0.125. The molecule has 0 atom stereocenters. The van der Waals surface area contributed by atoms with E-state index in [1.165, 1.54) is 0 Å². The van der Waals surface area contributed by atoms with Gasteiger partial charge < -0.3 is 4.74 Å². The van der Waals surface area contributed by atoms with Crippen LogP contribution in [0.25, 0.3) is 0 Å². The summed E-state index contributed by atoms with van der Waals surface area (Å²) in [5, 5.41) is 0.